The van der Waals surface area contributed by atoms with Gasteiger partial charge in [-0.1, -0.05) is 42.6 Å². The molecule has 0 aromatic heterocycles. The molecule has 0 spiro atoms. The molecule has 0 bridgehead atoms. The SMILES string of the molecule is C=C/C=C\C1=C(C)Oc2ccccc2S1. The minimum atomic E-state index is 0.941. The Bertz CT molecular complexity index is 444. The number of benzene rings is 1. The van der Waals surface area contributed by atoms with Gasteiger partial charge in [-0.15, -0.1) is 0 Å². The third-order valence-corrected chi connectivity index (χ3v) is 3.26. The van der Waals surface area contributed by atoms with Crippen LogP contribution in [0.15, 0.2) is 64.6 Å². The van der Waals surface area contributed by atoms with Crippen molar-refractivity contribution in [1.29, 1.82) is 0 Å². The fourth-order valence-electron chi connectivity index (χ4n) is 1.33. The molecule has 76 valence electrons. The van der Waals surface area contributed by atoms with Crippen molar-refractivity contribution in [2.75, 3.05) is 0 Å². The molecule has 0 unspecified atom stereocenters. The molecule has 0 radical (unpaired) electrons. The van der Waals surface area contributed by atoms with Crippen LogP contribution in [-0.4, -0.2) is 0 Å². The van der Waals surface area contributed by atoms with Crippen LogP contribution in [0.5, 0.6) is 5.75 Å². The topological polar surface area (TPSA) is 9.23 Å². The van der Waals surface area contributed by atoms with Gasteiger partial charge in [-0.3, -0.25) is 0 Å². The van der Waals surface area contributed by atoms with Gasteiger partial charge in [0.2, 0.25) is 0 Å². The smallest absolute Gasteiger partial charge is 0.140 e. The molecule has 2 rings (SSSR count). The first kappa shape index (κ1) is 10.1. The van der Waals surface area contributed by atoms with Crippen LogP contribution in [0.25, 0.3) is 0 Å². The molecule has 1 aromatic rings. The summed E-state index contributed by atoms with van der Waals surface area (Å²) in [5.41, 5.74) is 0. The van der Waals surface area contributed by atoms with Crippen molar-refractivity contribution in [2.45, 2.75) is 11.8 Å². The van der Waals surface area contributed by atoms with Crippen LogP contribution in [-0.2, 0) is 0 Å². The highest BCUT2D eigenvalue weighted by Gasteiger charge is 2.14. The highest BCUT2D eigenvalue weighted by Crippen LogP contribution is 2.41. The number of thioether (sulfide) groups is 1. The Morgan fingerprint density at radius 3 is 2.93 bits per heavy atom. The minimum absolute atomic E-state index is 0.941. The van der Waals surface area contributed by atoms with Crippen molar-refractivity contribution in [2.24, 2.45) is 0 Å². The number of ether oxygens (including phenoxy) is 1. The zero-order valence-electron chi connectivity index (χ0n) is 8.57. The maximum Gasteiger partial charge on any atom is 0.140 e. The lowest BCUT2D eigenvalue weighted by Crippen LogP contribution is -1.99. The summed E-state index contributed by atoms with van der Waals surface area (Å²) in [7, 11) is 0. The molecule has 2 heteroatoms. The predicted molar refractivity (Wildman–Crippen MR) is 65.0 cm³/mol. The van der Waals surface area contributed by atoms with Crippen molar-refractivity contribution in [3.05, 3.63) is 59.7 Å². The predicted octanol–water partition coefficient (Wildman–Crippen LogP) is 4.14. The van der Waals surface area contributed by atoms with Gasteiger partial charge in [0.05, 0.1) is 9.80 Å². The van der Waals surface area contributed by atoms with Crippen LogP contribution in [0.1, 0.15) is 6.92 Å². The van der Waals surface area contributed by atoms with Crippen LogP contribution in [0.2, 0.25) is 0 Å². The van der Waals surface area contributed by atoms with Gasteiger partial charge in [0, 0.05) is 0 Å². The average molecular weight is 216 g/mol. The van der Waals surface area contributed by atoms with Gasteiger partial charge in [0.25, 0.3) is 0 Å². The second-order valence-corrected chi connectivity index (χ2v) is 4.25. The maximum absolute atomic E-state index is 5.71. The van der Waals surface area contributed by atoms with Crippen LogP contribution in [0, 0.1) is 0 Å². The molecular weight excluding hydrogens is 204 g/mol. The van der Waals surface area contributed by atoms with Crippen LogP contribution in [0.4, 0.5) is 0 Å². The van der Waals surface area contributed by atoms with E-state index < -0.39 is 0 Å². The van der Waals surface area contributed by atoms with Gasteiger partial charge in [-0.25, -0.2) is 0 Å². The molecule has 0 amide bonds. The van der Waals surface area contributed by atoms with Crippen molar-refractivity contribution in [3.63, 3.8) is 0 Å². The van der Waals surface area contributed by atoms with E-state index in [-0.39, 0.29) is 0 Å². The summed E-state index contributed by atoms with van der Waals surface area (Å²) in [6.45, 7) is 5.63. The molecule has 0 atom stereocenters. The van der Waals surface area contributed by atoms with E-state index in [0.29, 0.717) is 0 Å². The van der Waals surface area contributed by atoms with Crippen molar-refractivity contribution in [1.82, 2.24) is 0 Å². The highest BCUT2D eigenvalue weighted by molar-refractivity contribution is 8.03. The Morgan fingerprint density at radius 1 is 1.33 bits per heavy atom. The lowest BCUT2D eigenvalue weighted by atomic mass is 10.3. The molecule has 0 saturated carbocycles. The standard InChI is InChI=1S/C13H12OS/c1-3-4-8-12-10(2)14-11-7-5-6-9-13(11)15-12/h3-9H,1H2,2H3/b8-4-. The fraction of sp³-hybridized carbons (Fsp3) is 0.0769. The molecule has 1 aliphatic rings. The lowest BCUT2D eigenvalue weighted by molar-refractivity contribution is 0.413. The van der Waals surface area contributed by atoms with Crippen LogP contribution in [0.3, 0.4) is 0 Å². The van der Waals surface area contributed by atoms with E-state index in [1.165, 1.54) is 0 Å². The van der Waals surface area contributed by atoms with E-state index in [1.54, 1.807) is 17.8 Å². The van der Waals surface area contributed by atoms with Crippen molar-refractivity contribution in [3.8, 4) is 5.75 Å². The molecule has 15 heavy (non-hydrogen) atoms. The largest absolute Gasteiger partial charge is 0.460 e. The number of hydrogen-bond acceptors (Lipinski definition) is 2. The number of fused-ring (bicyclic) bond motifs is 1. The van der Waals surface area contributed by atoms with Gasteiger partial charge >= 0.3 is 0 Å². The first-order chi connectivity index (χ1) is 7.31. The monoisotopic (exact) mass is 216 g/mol. The van der Waals surface area contributed by atoms with Gasteiger partial charge in [-0.2, -0.15) is 0 Å². The quantitative estimate of drug-likeness (QED) is 0.687. The molecule has 0 N–H and O–H groups in total. The normalized spacial score (nSPS) is 15.0. The zero-order chi connectivity index (χ0) is 10.7. The summed E-state index contributed by atoms with van der Waals surface area (Å²) in [6.07, 6.45) is 5.70. The molecular formula is C13H12OS. The number of rotatable bonds is 2. The summed E-state index contributed by atoms with van der Waals surface area (Å²) >= 11 is 1.73. The highest BCUT2D eigenvalue weighted by atomic mass is 32.2. The molecule has 1 nitrogen and oxygen atoms in total. The van der Waals surface area contributed by atoms with Gasteiger partial charge in [-0.05, 0) is 25.1 Å². The summed E-state index contributed by atoms with van der Waals surface area (Å²) in [4.78, 5) is 2.29. The third kappa shape index (κ3) is 2.16. The number of para-hydroxylation sites is 1. The Balaban J connectivity index is 2.31. The van der Waals surface area contributed by atoms with E-state index in [1.807, 2.05) is 37.3 Å². The van der Waals surface area contributed by atoms with Crippen LogP contribution >= 0.6 is 11.8 Å². The Labute approximate surface area is 94.1 Å². The van der Waals surface area contributed by atoms with E-state index in [9.17, 15) is 0 Å². The van der Waals surface area contributed by atoms with Gasteiger partial charge in [0.15, 0.2) is 0 Å². The van der Waals surface area contributed by atoms with E-state index in [4.69, 9.17) is 4.74 Å². The van der Waals surface area contributed by atoms with Gasteiger partial charge in [0.1, 0.15) is 11.5 Å². The summed E-state index contributed by atoms with van der Waals surface area (Å²) < 4.78 is 5.71. The fourth-order valence-corrected chi connectivity index (χ4v) is 2.26. The molecule has 0 aliphatic carbocycles. The second kappa shape index (κ2) is 4.41. The molecule has 0 saturated heterocycles. The second-order valence-electron chi connectivity index (χ2n) is 3.17. The van der Waals surface area contributed by atoms with E-state index in [2.05, 4.69) is 12.6 Å². The first-order valence-corrected chi connectivity index (χ1v) is 5.57. The molecule has 1 aromatic carbocycles. The lowest BCUT2D eigenvalue weighted by Gasteiger charge is -2.18. The molecule has 0 fully saturated rings. The zero-order valence-corrected chi connectivity index (χ0v) is 9.38. The maximum atomic E-state index is 5.71. The Kier molecular flexibility index (Phi) is 2.97. The molecule has 1 aliphatic heterocycles. The van der Waals surface area contributed by atoms with Crippen LogP contribution < -0.4 is 4.74 Å². The minimum Gasteiger partial charge on any atom is -0.460 e. The van der Waals surface area contributed by atoms with Crippen molar-refractivity contribution < 1.29 is 4.74 Å². The third-order valence-electron chi connectivity index (χ3n) is 2.06. The summed E-state index contributed by atoms with van der Waals surface area (Å²) in [6, 6.07) is 8.05. The number of hydrogen-bond donors (Lipinski definition) is 0. The first-order valence-electron chi connectivity index (χ1n) is 4.76. The van der Waals surface area contributed by atoms with E-state index >= 15 is 0 Å². The van der Waals surface area contributed by atoms with Gasteiger partial charge < -0.3 is 4.74 Å². The summed E-state index contributed by atoms with van der Waals surface area (Å²) in [5.74, 6) is 1.88. The molecule has 1 heterocycles. The van der Waals surface area contributed by atoms with E-state index in [0.717, 1.165) is 21.3 Å². The van der Waals surface area contributed by atoms with Crippen molar-refractivity contribution >= 4 is 11.8 Å². The number of allylic oxidation sites excluding steroid dienone is 4. The summed E-state index contributed by atoms with van der Waals surface area (Å²) in [5, 5.41) is 0. The average Bonchev–Trinajstić information content (AvgIpc) is 2.26. The Morgan fingerprint density at radius 2 is 2.13 bits per heavy atom. The Hall–Kier alpha value is -1.41.